The summed E-state index contributed by atoms with van der Waals surface area (Å²) in [5.41, 5.74) is 0.235. The number of ether oxygens (including phenoxy) is 1. The molecular formula is C10H19NO. The Morgan fingerprint density at radius 3 is 2.67 bits per heavy atom. The largest absolute Gasteiger partial charge is 0.356 e. The van der Waals surface area contributed by atoms with E-state index in [0.717, 1.165) is 13.0 Å². The number of nitrogens with one attached hydrogen (secondary N) is 1. The van der Waals surface area contributed by atoms with Gasteiger partial charge in [-0.3, -0.25) is 5.32 Å². The Hall–Kier alpha value is -0.0800. The van der Waals surface area contributed by atoms with Crippen LogP contribution in [0.4, 0.5) is 0 Å². The van der Waals surface area contributed by atoms with Crippen molar-refractivity contribution in [3.63, 3.8) is 0 Å². The van der Waals surface area contributed by atoms with E-state index in [2.05, 4.69) is 12.2 Å². The average Bonchev–Trinajstić information content (AvgIpc) is 2.50. The van der Waals surface area contributed by atoms with Crippen LogP contribution >= 0.6 is 0 Å². The third-order valence-corrected chi connectivity index (χ3v) is 3.18. The quantitative estimate of drug-likeness (QED) is 0.648. The molecule has 1 unspecified atom stereocenters. The maximum Gasteiger partial charge on any atom is 0.108 e. The molecular weight excluding hydrogens is 150 g/mol. The molecule has 2 fully saturated rings. The number of rotatable bonds is 1. The first-order chi connectivity index (χ1) is 5.85. The van der Waals surface area contributed by atoms with E-state index in [0.29, 0.717) is 6.23 Å². The van der Waals surface area contributed by atoms with Crippen LogP contribution in [0.3, 0.4) is 0 Å². The number of hydrogen-bond acceptors (Lipinski definition) is 2. The van der Waals surface area contributed by atoms with Gasteiger partial charge in [0, 0.05) is 6.54 Å². The molecule has 2 aliphatic rings. The van der Waals surface area contributed by atoms with E-state index in [1.807, 2.05) is 0 Å². The Labute approximate surface area is 74.7 Å². The van der Waals surface area contributed by atoms with Gasteiger partial charge >= 0.3 is 0 Å². The summed E-state index contributed by atoms with van der Waals surface area (Å²) in [7, 11) is 0. The fourth-order valence-corrected chi connectivity index (χ4v) is 2.40. The van der Waals surface area contributed by atoms with E-state index in [1.54, 1.807) is 0 Å². The highest BCUT2D eigenvalue weighted by Crippen LogP contribution is 2.35. The van der Waals surface area contributed by atoms with Crippen LogP contribution < -0.4 is 5.32 Å². The molecule has 0 bridgehead atoms. The van der Waals surface area contributed by atoms with Gasteiger partial charge in [-0.15, -0.1) is 0 Å². The number of hydrogen-bond donors (Lipinski definition) is 1. The van der Waals surface area contributed by atoms with Crippen LogP contribution in [0, 0.1) is 0 Å². The zero-order valence-electron chi connectivity index (χ0n) is 7.94. The zero-order chi connectivity index (χ0) is 8.44. The topological polar surface area (TPSA) is 21.3 Å². The van der Waals surface area contributed by atoms with Crippen LogP contribution in [0.1, 0.15) is 45.4 Å². The molecule has 1 aliphatic heterocycles. The lowest BCUT2D eigenvalue weighted by molar-refractivity contribution is -0.0609. The lowest BCUT2D eigenvalue weighted by Gasteiger charge is -2.32. The Morgan fingerprint density at radius 1 is 1.33 bits per heavy atom. The minimum absolute atomic E-state index is 0.235. The molecule has 1 spiro atoms. The maximum absolute atomic E-state index is 6.03. The average molecular weight is 169 g/mol. The van der Waals surface area contributed by atoms with Gasteiger partial charge in [-0.05, 0) is 19.3 Å². The third-order valence-electron chi connectivity index (χ3n) is 3.18. The lowest BCUT2D eigenvalue weighted by Crippen LogP contribution is -2.35. The van der Waals surface area contributed by atoms with Gasteiger partial charge in [-0.2, -0.15) is 0 Å². The monoisotopic (exact) mass is 169 g/mol. The van der Waals surface area contributed by atoms with Gasteiger partial charge in [0.15, 0.2) is 0 Å². The molecule has 1 heterocycles. The summed E-state index contributed by atoms with van der Waals surface area (Å²) in [6.45, 7) is 3.27. The van der Waals surface area contributed by atoms with E-state index in [4.69, 9.17) is 4.74 Å². The third kappa shape index (κ3) is 1.50. The van der Waals surface area contributed by atoms with Crippen molar-refractivity contribution in [1.82, 2.24) is 5.32 Å². The van der Waals surface area contributed by atoms with Gasteiger partial charge in [0.1, 0.15) is 6.23 Å². The van der Waals surface area contributed by atoms with Crippen LogP contribution in [0.5, 0.6) is 0 Å². The zero-order valence-corrected chi connectivity index (χ0v) is 7.94. The highest BCUT2D eigenvalue weighted by Gasteiger charge is 2.39. The lowest BCUT2D eigenvalue weighted by atomic mass is 9.85. The van der Waals surface area contributed by atoms with Crippen molar-refractivity contribution >= 4 is 0 Å². The molecule has 1 saturated heterocycles. The van der Waals surface area contributed by atoms with Gasteiger partial charge in [-0.1, -0.05) is 26.2 Å². The predicted octanol–water partition coefficient (Wildman–Crippen LogP) is 2.05. The molecule has 1 N–H and O–H groups in total. The van der Waals surface area contributed by atoms with E-state index in [9.17, 15) is 0 Å². The van der Waals surface area contributed by atoms with Crippen molar-refractivity contribution in [1.29, 1.82) is 0 Å². The van der Waals surface area contributed by atoms with Crippen molar-refractivity contribution < 1.29 is 4.74 Å². The fraction of sp³-hybridized carbons (Fsp3) is 1.00. The summed E-state index contributed by atoms with van der Waals surface area (Å²) in [6, 6.07) is 0. The second-order valence-corrected chi connectivity index (χ2v) is 4.14. The Balaban J connectivity index is 1.94. The highest BCUT2D eigenvalue weighted by atomic mass is 16.5. The summed E-state index contributed by atoms with van der Waals surface area (Å²) in [5.74, 6) is 0. The van der Waals surface area contributed by atoms with Crippen LogP contribution in [-0.4, -0.2) is 18.4 Å². The fourth-order valence-electron chi connectivity index (χ4n) is 2.40. The summed E-state index contributed by atoms with van der Waals surface area (Å²) in [6.07, 6.45) is 8.11. The van der Waals surface area contributed by atoms with Gasteiger partial charge in [0.25, 0.3) is 0 Å². The van der Waals surface area contributed by atoms with E-state index in [-0.39, 0.29) is 5.60 Å². The molecule has 0 amide bonds. The van der Waals surface area contributed by atoms with E-state index < -0.39 is 0 Å². The van der Waals surface area contributed by atoms with Gasteiger partial charge < -0.3 is 4.74 Å². The standard InChI is InChI=1S/C10H19NO/c1-2-9-11-8-10(12-9)6-4-3-5-7-10/h9,11H,2-8H2,1H3. The Morgan fingerprint density at radius 2 is 2.08 bits per heavy atom. The second kappa shape index (κ2) is 3.35. The van der Waals surface area contributed by atoms with Crippen molar-refractivity contribution in [2.45, 2.75) is 57.3 Å². The van der Waals surface area contributed by atoms with Gasteiger partial charge in [-0.25, -0.2) is 0 Å². The van der Waals surface area contributed by atoms with Crippen LogP contribution in [0.25, 0.3) is 0 Å². The Bertz CT molecular complexity index is 152. The molecule has 1 saturated carbocycles. The Kier molecular flexibility index (Phi) is 2.37. The SMILES string of the molecule is CCC1NCC2(CCCCC2)O1. The first-order valence-corrected chi connectivity index (χ1v) is 5.26. The van der Waals surface area contributed by atoms with E-state index in [1.165, 1.54) is 32.1 Å². The maximum atomic E-state index is 6.03. The molecule has 0 radical (unpaired) electrons. The molecule has 2 rings (SSSR count). The van der Waals surface area contributed by atoms with Crippen LogP contribution in [-0.2, 0) is 4.74 Å². The molecule has 70 valence electrons. The highest BCUT2D eigenvalue weighted by molar-refractivity contribution is 4.91. The molecule has 0 aromatic heterocycles. The molecule has 2 heteroatoms. The van der Waals surface area contributed by atoms with Crippen LogP contribution in [0.2, 0.25) is 0 Å². The summed E-state index contributed by atoms with van der Waals surface area (Å²) in [5, 5.41) is 3.44. The minimum atomic E-state index is 0.235. The summed E-state index contributed by atoms with van der Waals surface area (Å²) in [4.78, 5) is 0. The molecule has 1 aliphatic carbocycles. The first kappa shape index (κ1) is 8.52. The van der Waals surface area contributed by atoms with Crippen molar-refractivity contribution in [2.24, 2.45) is 0 Å². The second-order valence-electron chi connectivity index (χ2n) is 4.14. The predicted molar refractivity (Wildman–Crippen MR) is 49.0 cm³/mol. The van der Waals surface area contributed by atoms with Crippen molar-refractivity contribution in [3.8, 4) is 0 Å². The van der Waals surface area contributed by atoms with E-state index >= 15 is 0 Å². The normalized spacial score (nSPS) is 34.2. The van der Waals surface area contributed by atoms with Gasteiger partial charge in [0.2, 0.25) is 0 Å². The van der Waals surface area contributed by atoms with Gasteiger partial charge in [0.05, 0.1) is 5.60 Å². The summed E-state index contributed by atoms with van der Waals surface area (Å²) >= 11 is 0. The molecule has 1 atom stereocenters. The summed E-state index contributed by atoms with van der Waals surface area (Å²) < 4.78 is 6.03. The molecule has 0 aromatic carbocycles. The molecule has 2 nitrogen and oxygen atoms in total. The smallest absolute Gasteiger partial charge is 0.108 e. The van der Waals surface area contributed by atoms with Crippen LogP contribution in [0.15, 0.2) is 0 Å². The van der Waals surface area contributed by atoms with Crippen molar-refractivity contribution in [2.75, 3.05) is 6.54 Å². The molecule has 12 heavy (non-hydrogen) atoms. The van der Waals surface area contributed by atoms with Crippen molar-refractivity contribution in [3.05, 3.63) is 0 Å². The first-order valence-electron chi connectivity index (χ1n) is 5.26. The minimum Gasteiger partial charge on any atom is -0.356 e. The molecule has 0 aromatic rings.